The van der Waals surface area contributed by atoms with Gasteiger partial charge >= 0.3 is 0 Å². The molecule has 2 bridgehead atoms. The van der Waals surface area contributed by atoms with E-state index < -0.39 is 24.2 Å². The second-order valence-electron chi connectivity index (χ2n) is 15.8. The maximum Gasteiger partial charge on any atom is 0.240 e. The molecule has 7 unspecified atom stereocenters. The zero-order valence-corrected chi connectivity index (χ0v) is 26.8. The number of amides is 1. The van der Waals surface area contributed by atoms with E-state index in [1.165, 1.54) is 51.4 Å². The van der Waals surface area contributed by atoms with Crippen molar-refractivity contribution in [3.05, 3.63) is 0 Å². The number of piperidine rings is 1. The number of hydrogen-bond acceptors (Lipinski definition) is 7. The first kappa shape index (κ1) is 31.2. The van der Waals surface area contributed by atoms with Gasteiger partial charge in [0.05, 0.1) is 18.8 Å². The number of fused-ring (bicyclic) bond motifs is 3. The topological polar surface area (TPSA) is 103 Å². The van der Waals surface area contributed by atoms with Crippen molar-refractivity contribution in [2.75, 3.05) is 26.8 Å². The van der Waals surface area contributed by atoms with Crippen molar-refractivity contribution < 1.29 is 24.6 Å². The minimum atomic E-state index is -0.769. The van der Waals surface area contributed by atoms with Crippen molar-refractivity contribution in [2.45, 2.75) is 128 Å². The van der Waals surface area contributed by atoms with Gasteiger partial charge in [0.25, 0.3) is 0 Å². The van der Waals surface area contributed by atoms with Gasteiger partial charge in [0, 0.05) is 37.6 Å². The number of rotatable bonds is 8. The van der Waals surface area contributed by atoms with E-state index in [9.17, 15) is 15.0 Å². The fourth-order valence-electron chi connectivity index (χ4n) is 11.2. The van der Waals surface area contributed by atoms with Crippen LogP contribution in [0, 0.1) is 52.8 Å². The molecule has 0 aromatic carbocycles. The Bertz CT molecular complexity index is 944. The molecule has 0 aromatic heterocycles. The first-order valence-corrected chi connectivity index (χ1v) is 17.4. The zero-order valence-electron chi connectivity index (χ0n) is 26.8. The van der Waals surface area contributed by atoms with Crippen molar-refractivity contribution in [1.82, 2.24) is 15.7 Å². The van der Waals surface area contributed by atoms with Gasteiger partial charge in [0.2, 0.25) is 5.91 Å². The van der Waals surface area contributed by atoms with Crippen LogP contribution in [0.15, 0.2) is 0 Å². The summed E-state index contributed by atoms with van der Waals surface area (Å²) in [6.07, 6.45) is 10.9. The Balaban J connectivity index is 1.18. The SMILES string of the molecule is COC1C(CN2O[C@@H](CO)[C@H]([C@H](C)O)[C@H]2C(=O)N[C@H]2CC3C[C@@H]([C@@H]2C)C3(C)C)CCCC1C1CCCC2NCCCC21. The van der Waals surface area contributed by atoms with Gasteiger partial charge in [0.1, 0.15) is 12.1 Å². The van der Waals surface area contributed by atoms with Crippen LogP contribution in [-0.2, 0) is 14.4 Å². The van der Waals surface area contributed by atoms with Crippen molar-refractivity contribution in [3.63, 3.8) is 0 Å². The number of carbonyl (C=O) groups excluding carboxylic acids is 1. The molecule has 0 spiro atoms. The van der Waals surface area contributed by atoms with Gasteiger partial charge in [-0.15, -0.1) is 0 Å². The monoisotopic (exact) mass is 589 g/mol. The molecule has 42 heavy (non-hydrogen) atoms. The van der Waals surface area contributed by atoms with Gasteiger partial charge in [-0.1, -0.05) is 33.6 Å². The fraction of sp³-hybridized carbons (Fsp3) is 0.971. The zero-order chi connectivity index (χ0) is 29.8. The Morgan fingerprint density at radius 2 is 1.83 bits per heavy atom. The average Bonchev–Trinajstić information content (AvgIpc) is 3.36. The van der Waals surface area contributed by atoms with E-state index in [0.717, 1.165) is 25.3 Å². The first-order chi connectivity index (χ1) is 20.1. The summed E-state index contributed by atoms with van der Waals surface area (Å²) in [7, 11) is 1.87. The summed E-state index contributed by atoms with van der Waals surface area (Å²) < 4.78 is 6.35. The van der Waals surface area contributed by atoms with Crippen LogP contribution < -0.4 is 10.6 Å². The lowest BCUT2D eigenvalue weighted by Crippen LogP contribution is -2.62. The van der Waals surface area contributed by atoms with Crippen LogP contribution in [0.2, 0.25) is 0 Å². The van der Waals surface area contributed by atoms with Crippen LogP contribution in [0.1, 0.15) is 91.9 Å². The maximum absolute atomic E-state index is 14.1. The molecule has 8 heteroatoms. The number of aliphatic hydroxyl groups is 2. The lowest BCUT2D eigenvalue weighted by molar-refractivity contribution is -0.193. The predicted octanol–water partition coefficient (Wildman–Crippen LogP) is 3.75. The molecule has 8 nitrogen and oxygen atoms in total. The summed E-state index contributed by atoms with van der Waals surface area (Å²) in [5.74, 6) is 3.36. The maximum atomic E-state index is 14.1. The minimum absolute atomic E-state index is 0.0578. The number of hydrogen-bond donors (Lipinski definition) is 4. The molecule has 2 aliphatic heterocycles. The Hall–Kier alpha value is -0.770. The number of carbonyl (C=O) groups is 1. The highest BCUT2D eigenvalue weighted by Gasteiger charge is 2.58. The summed E-state index contributed by atoms with van der Waals surface area (Å²) in [5, 5.41) is 30.2. The van der Waals surface area contributed by atoms with E-state index in [4.69, 9.17) is 9.57 Å². The number of nitrogens with one attached hydrogen (secondary N) is 2. The minimum Gasteiger partial charge on any atom is -0.394 e. The normalized spacial score (nSPS) is 47.7. The quantitative estimate of drug-likeness (QED) is 0.342. The standard InChI is InChI=1S/C34H59N3O5/c1-19-26-15-22(34(26,3)4)16-28(19)36-33(40)31-30(20(2)39)29(18-38)42-37(31)17-21-9-6-11-25(32(21)41-5)23-10-7-13-27-24(23)12-8-14-35-27/h19-32,35,38-39H,6-18H2,1-5H3,(H,36,40)/t19-,20-,21?,22?,23?,24?,25?,26-,27?,28-,29-,30-,31-,32?/m0/s1. The first-order valence-electron chi connectivity index (χ1n) is 17.4. The lowest BCUT2D eigenvalue weighted by Gasteiger charge is -2.62. The Labute approximate surface area is 254 Å². The Kier molecular flexibility index (Phi) is 9.33. The third-order valence-electron chi connectivity index (χ3n) is 13.5. The summed E-state index contributed by atoms with van der Waals surface area (Å²) in [5.41, 5.74) is 0.353. The van der Waals surface area contributed by atoms with Gasteiger partial charge in [0.15, 0.2) is 0 Å². The highest BCUT2D eigenvalue weighted by atomic mass is 16.7. The molecule has 7 rings (SSSR count). The number of nitrogens with zero attached hydrogens (tertiary/aromatic N) is 1. The second kappa shape index (κ2) is 12.6. The van der Waals surface area contributed by atoms with Crippen molar-refractivity contribution in [3.8, 4) is 0 Å². The molecule has 0 aromatic rings. The van der Waals surface area contributed by atoms with Crippen molar-refractivity contribution >= 4 is 5.91 Å². The number of ether oxygens (including phenoxy) is 1. The molecule has 0 radical (unpaired) electrons. The molecule has 5 saturated carbocycles. The Morgan fingerprint density at radius 3 is 2.52 bits per heavy atom. The largest absolute Gasteiger partial charge is 0.394 e. The molecule has 5 aliphatic carbocycles. The molecule has 1 amide bonds. The molecule has 7 fully saturated rings. The average molecular weight is 590 g/mol. The molecule has 7 aliphatic rings. The van der Waals surface area contributed by atoms with Crippen LogP contribution >= 0.6 is 0 Å². The van der Waals surface area contributed by atoms with Gasteiger partial charge in [-0.25, -0.2) is 0 Å². The smallest absolute Gasteiger partial charge is 0.240 e. The summed E-state index contributed by atoms with van der Waals surface area (Å²) in [6.45, 7) is 10.3. The second-order valence-corrected chi connectivity index (χ2v) is 15.8. The van der Waals surface area contributed by atoms with Crippen molar-refractivity contribution in [2.24, 2.45) is 52.8 Å². The molecule has 14 atom stereocenters. The number of methoxy groups -OCH3 is 1. The van der Waals surface area contributed by atoms with E-state index in [2.05, 4.69) is 31.4 Å². The molecule has 2 heterocycles. The number of hydroxylamine groups is 2. The predicted molar refractivity (Wildman–Crippen MR) is 162 cm³/mol. The summed E-state index contributed by atoms with van der Waals surface area (Å²) >= 11 is 0. The van der Waals surface area contributed by atoms with Crippen LogP contribution in [0.3, 0.4) is 0 Å². The molecular weight excluding hydrogens is 530 g/mol. The highest BCUT2D eigenvalue weighted by Crippen LogP contribution is 2.61. The Morgan fingerprint density at radius 1 is 1.10 bits per heavy atom. The van der Waals surface area contributed by atoms with E-state index in [1.54, 1.807) is 6.92 Å². The lowest BCUT2D eigenvalue weighted by atomic mass is 9.45. The third kappa shape index (κ3) is 5.49. The highest BCUT2D eigenvalue weighted by molar-refractivity contribution is 5.82. The van der Waals surface area contributed by atoms with E-state index in [0.29, 0.717) is 47.6 Å². The van der Waals surface area contributed by atoms with Crippen molar-refractivity contribution in [1.29, 1.82) is 0 Å². The van der Waals surface area contributed by atoms with Crippen LogP contribution in [-0.4, -0.2) is 84.4 Å². The molecule has 4 N–H and O–H groups in total. The summed E-state index contributed by atoms with van der Waals surface area (Å²) in [6, 6.07) is 0.175. The molecular formula is C34H59N3O5. The third-order valence-corrected chi connectivity index (χ3v) is 13.5. The van der Waals surface area contributed by atoms with Gasteiger partial charge in [-0.3, -0.25) is 9.63 Å². The molecule has 240 valence electrons. The van der Waals surface area contributed by atoms with Crippen LogP contribution in [0.5, 0.6) is 0 Å². The molecule has 2 saturated heterocycles. The van der Waals surface area contributed by atoms with Crippen LogP contribution in [0.4, 0.5) is 0 Å². The van der Waals surface area contributed by atoms with E-state index in [-0.39, 0.29) is 30.6 Å². The van der Waals surface area contributed by atoms with Gasteiger partial charge in [-0.05, 0) is 106 Å². The van der Waals surface area contributed by atoms with Gasteiger partial charge in [-0.2, -0.15) is 5.06 Å². The summed E-state index contributed by atoms with van der Waals surface area (Å²) in [4.78, 5) is 20.5. The number of aliphatic hydroxyl groups excluding tert-OH is 2. The van der Waals surface area contributed by atoms with E-state index in [1.807, 2.05) is 12.2 Å². The van der Waals surface area contributed by atoms with Crippen LogP contribution in [0.25, 0.3) is 0 Å². The van der Waals surface area contributed by atoms with E-state index >= 15 is 0 Å². The van der Waals surface area contributed by atoms with Gasteiger partial charge < -0.3 is 25.6 Å². The fourth-order valence-corrected chi connectivity index (χ4v) is 11.2.